The molecule has 6 heteroatoms. The smallest absolute Gasteiger partial charge is 0.266 e. The van der Waals surface area contributed by atoms with Gasteiger partial charge in [0.1, 0.15) is 0 Å². The number of nitrogen functional groups attached to an aromatic ring is 2. The molecule has 0 heterocycles. The second kappa shape index (κ2) is 5.44. The quantitative estimate of drug-likeness (QED) is 0.246. The summed E-state index contributed by atoms with van der Waals surface area (Å²) in [6.07, 6.45) is 0. The Morgan fingerprint density at radius 2 is 1.41 bits per heavy atom. The molecular weight excluding hydrogens is 280 g/mol. The number of rotatable bonds is 2. The van der Waals surface area contributed by atoms with Crippen molar-refractivity contribution in [2.24, 2.45) is 11.7 Å². The Kier molecular flexibility index (Phi) is 3.46. The molecule has 0 aromatic heterocycles. The van der Waals surface area contributed by atoms with Gasteiger partial charge < -0.3 is 0 Å². The Hall–Kier alpha value is -2.96. The van der Waals surface area contributed by atoms with Gasteiger partial charge in [-0.1, -0.05) is 30.3 Å². The number of nitrogens with two attached hydrogens (primary N) is 2. The summed E-state index contributed by atoms with van der Waals surface area (Å²) >= 11 is 0. The van der Waals surface area contributed by atoms with Crippen LogP contribution in [0, 0.1) is 0 Å². The molecule has 3 aromatic carbocycles. The Morgan fingerprint density at radius 3 is 2.05 bits per heavy atom. The summed E-state index contributed by atoms with van der Waals surface area (Å²) in [7, 11) is 0. The number of carbonyl (C=O) groups is 2. The van der Waals surface area contributed by atoms with Crippen molar-refractivity contribution in [3.8, 4) is 0 Å². The van der Waals surface area contributed by atoms with E-state index in [4.69, 9.17) is 11.7 Å². The lowest BCUT2D eigenvalue weighted by atomic mass is 9.95. The molecule has 0 saturated carbocycles. The molecule has 2 amide bonds. The first kappa shape index (κ1) is 14.0. The molecule has 6 nitrogen and oxygen atoms in total. The molecule has 0 bridgehead atoms. The molecule has 22 heavy (non-hydrogen) atoms. The fourth-order valence-electron chi connectivity index (χ4n) is 2.60. The predicted molar refractivity (Wildman–Crippen MR) is 84.8 cm³/mol. The molecule has 0 atom stereocenters. The third-order valence-corrected chi connectivity index (χ3v) is 3.62. The van der Waals surface area contributed by atoms with Crippen molar-refractivity contribution < 1.29 is 9.59 Å². The highest BCUT2D eigenvalue weighted by atomic mass is 16.2. The van der Waals surface area contributed by atoms with Crippen LogP contribution in [0.2, 0.25) is 0 Å². The van der Waals surface area contributed by atoms with Gasteiger partial charge in [0.25, 0.3) is 11.8 Å². The van der Waals surface area contributed by atoms with Crippen LogP contribution in [0.5, 0.6) is 0 Å². The van der Waals surface area contributed by atoms with Crippen molar-refractivity contribution in [1.29, 1.82) is 0 Å². The molecule has 3 rings (SSSR count). The number of hydrogen-bond acceptors (Lipinski definition) is 4. The largest absolute Gasteiger partial charge is 0.290 e. The fourth-order valence-corrected chi connectivity index (χ4v) is 2.60. The molecular formula is C16H14N4O2. The van der Waals surface area contributed by atoms with Gasteiger partial charge in [0.05, 0.1) is 11.1 Å². The second-order valence-electron chi connectivity index (χ2n) is 4.86. The highest BCUT2D eigenvalue weighted by Crippen LogP contribution is 2.27. The Morgan fingerprint density at radius 1 is 0.773 bits per heavy atom. The number of carbonyl (C=O) groups excluding carboxylic acids is 2. The number of hydrazine groups is 2. The van der Waals surface area contributed by atoms with Crippen LogP contribution in [-0.4, -0.2) is 11.8 Å². The van der Waals surface area contributed by atoms with Gasteiger partial charge in [-0.05, 0) is 39.7 Å². The summed E-state index contributed by atoms with van der Waals surface area (Å²) in [6.45, 7) is 0. The van der Waals surface area contributed by atoms with E-state index < -0.39 is 11.8 Å². The van der Waals surface area contributed by atoms with Gasteiger partial charge >= 0.3 is 0 Å². The molecule has 6 N–H and O–H groups in total. The molecule has 0 saturated heterocycles. The van der Waals surface area contributed by atoms with E-state index in [-0.39, 0.29) is 11.1 Å². The van der Waals surface area contributed by atoms with E-state index in [1.807, 2.05) is 41.8 Å². The molecule has 0 unspecified atom stereocenters. The van der Waals surface area contributed by atoms with Gasteiger partial charge in [0, 0.05) is 0 Å². The van der Waals surface area contributed by atoms with E-state index in [0.29, 0.717) is 5.39 Å². The van der Waals surface area contributed by atoms with Gasteiger partial charge in [0.15, 0.2) is 0 Å². The Bertz CT molecular complexity index is 905. The number of hydrogen-bond donors (Lipinski definition) is 4. The first-order valence-electron chi connectivity index (χ1n) is 6.63. The van der Waals surface area contributed by atoms with Crippen LogP contribution in [0.3, 0.4) is 0 Å². The maximum absolute atomic E-state index is 12.1. The zero-order chi connectivity index (χ0) is 15.7. The fraction of sp³-hybridized carbons (Fsp3) is 0. The van der Waals surface area contributed by atoms with Crippen LogP contribution in [-0.2, 0) is 0 Å². The van der Waals surface area contributed by atoms with Crippen LogP contribution in [0.4, 0.5) is 0 Å². The summed E-state index contributed by atoms with van der Waals surface area (Å²) in [5, 5.41) is 3.49. The maximum Gasteiger partial charge on any atom is 0.266 e. The average molecular weight is 294 g/mol. The van der Waals surface area contributed by atoms with Gasteiger partial charge in [-0.25, -0.2) is 11.7 Å². The lowest BCUT2D eigenvalue weighted by Crippen LogP contribution is -2.35. The normalized spacial score (nSPS) is 10.6. The number of nitrogens with one attached hydrogen (secondary N) is 2. The van der Waals surface area contributed by atoms with Crippen LogP contribution < -0.4 is 22.5 Å². The average Bonchev–Trinajstić information content (AvgIpc) is 2.57. The van der Waals surface area contributed by atoms with E-state index in [1.54, 1.807) is 12.1 Å². The van der Waals surface area contributed by atoms with Crippen molar-refractivity contribution in [2.45, 2.75) is 0 Å². The third kappa shape index (κ3) is 2.16. The van der Waals surface area contributed by atoms with Gasteiger partial charge in [0.2, 0.25) is 0 Å². The standard InChI is InChI=1S/C16H14N4O2/c17-19-15(21)12-6-5-11-7-9-3-1-2-4-10(9)8-13(11)14(12)16(22)20-18/h1-8H,17-18H2,(H,19,21)(H,20,22). The van der Waals surface area contributed by atoms with Gasteiger partial charge in [-0.2, -0.15) is 0 Å². The van der Waals surface area contributed by atoms with Crippen molar-refractivity contribution in [2.75, 3.05) is 0 Å². The van der Waals surface area contributed by atoms with Crippen molar-refractivity contribution >= 4 is 33.4 Å². The minimum absolute atomic E-state index is 0.174. The molecule has 0 aliphatic rings. The first-order valence-corrected chi connectivity index (χ1v) is 6.63. The molecule has 0 fully saturated rings. The summed E-state index contributed by atoms with van der Waals surface area (Å²) < 4.78 is 0. The van der Waals surface area contributed by atoms with E-state index in [1.165, 1.54) is 0 Å². The van der Waals surface area contributed by atoms with E-state index >= 15 is 0 Å². The lowest BCUT2D eigenvalue weighted by Gasteiger charge is -2.12. The highest BCUT2D eigenvalue weighted by Gasteiger charge is 2.19. The summed E-state index contributed by atoms with van der Waals surface area (Å²) in [5.41, 5.74) is 4.50. The summed E-state index contributed by atoms with van der Waals surface area (Å²) in [6, 6.07) is 14.9. The number of benzene rings is 3. The highest BCUT2D eigenvalue weighted by molar-refractivity contribution is 6.17. The lowest BCUT2D eigenvalue weighted by molar-refractivity contribution is 0.0921. The van der Waals surface area contributed by atoms with E-state index in [2.05, 4.69) is 5.43 Å². The van der Waals surface area contributed by atoms with Crippen molar-refractivity contribution in [3.63, 3.8) is 0 Å². The topological polar surface area (TPSA) is 110 Å². The molecule has 110 valence electrons. The monoisotopic (exact) mass is 294 g/mol. The van der Waals surface area contributed by atoms with Crippen LogP contribution in [0.15, 0.2) is 48.5 Å². The Labute approximate surface area is 126 Å². The maximum atomic E-state index is 12.1. The van der Waals surface area contributed by atoms with Crippen molar-refractivity contribution in [1.82, 2.24) is 10.9 Å². The molecule has 0 aliphatic heterocycles. The van der Waals surface area contributed by atoms with Gasteiger partial charge in [-0.3, -0.25) is 20.4 Å². The first-order chi connectivity index (χ1) is 10.7. The summed E-state index contributed by atoms with van der Waals surface area (Å²) in [4.78, 5) is 24.1. The number of amides is 2. The third-order valence-electron chi connectivity index (χ3n) is 3.62. The zero-order valence-electron chi connectivity index (χ0n) is 11.6. The zero-order valence-corrected chi connectivity index (χ0v) is 11.6. The summed E-state index contributed by atoms with van der Waals surface area (Å²) in [5.74, 6) is 9.35. The minimum atomic E-state index is -0.548. The molecule has 0 radical (unpaired) electrons. The van der Waals surface area contributed by atoms with E-state index in [0.717, 1.165) is 16.2 Å². The molecule has 0 aliphatic carbocycles. The predicted octanol–water partition coefficient (Wildman–Crippen LogP) is 1.20. The Balaban J connectivity index is 2.41. The van der Waals surface area contributed by atoms with Crippen molar-refractivity contribution in [3.05, 3.63) is 59.7 Å². The van der Waals surface area contributed by atoms with E-state index in [9.17, 15) is 9.59 Å². The molecule has 3 aromatic rings. The van der Waals surface area contributed by atoms with Gasteiger partial charge in [-0.15, -0.1) is 0 Å². The minimum Gasteiger partial charge on any atom is -0.290 e. The SMILES string of the molecule is NNC(=O)c1ccc2cc3ccccc3cc2c1C(=O)NN. The number of fused-ring (bicyclic) bond motifs is 2. The molecule has 0 spiro atoms. The van der Waals surface area contributed by atoms with Crippen LogP contribution in [0.1, 0.15) is 20.7 Å². The van der Waals surface area contributed by atoms with Crippen LogP contribution >= 0.6 is 0 Å². The van der Waals surface area contributed by atoms with Crippen LogP contribution in [0.25, 0.3) is 21.5 Å². The second-order valence-corrected chi connectivity index (χ2v) is 4.86.